The first kappa shape index (κ1) is 13.8. The minimum atomic E-state index is -0.0433. The summed E-state index contributed by atoms with van der Waals surface area (Å²) in [4.78, 5) is 26.2. The van der Waals surface area contributed by atoms with Gasteiger partial charge in [0.1, 0.15) is 0 Å². The van der Waals surface area contributed by atoms with E-state index in [1.165, 1.54) is 0 Å². The van der Waals surface area contributed by atoms with Gasteiger partial charge in [-0.3, -0.25) is 9.59 Å². The van der Waals surface area contributed by atoms with Crippen LogP contribution < -0.4 is 10.9 Å². The van der Waals surface area contributed by atoms with Crippen molar-refractivity contribution < 1.29 is 4.79 Å². The smallest absolute Gasteiger partial charge is 0.248 e. The topological polar surface area (TPSA) is 62.0 Å². The van der Waals surface area contributed by atoms with Gasteiger partial charge in [0, 0.05) is 23.7 Å². The molecule has 4 nitrogen and oxygen atoms in total. The lowest BCUT2D eigenvalue weighted by molar-refractivity contribution is -0.126. The van der Waals surface area contributed by atoms with Crippen LogP contribution in [0.25, 0.3) is 0 Å². The molecule has 0 saturated carbocycles. The van der Waals surface area contributed by atoms with E-state index < -0.39 is 0 Å². The van der Waals surface area contributed by atoms with Gasteiger partial charge in [0.25, 0.3) is 0 Å². The van der Waals surface area contributed by atoms with Gasteiger partial charge in [0.2, 0.25) is 11.5 Å². The molecule has 2 rings (SSSR count). The van der Waals surface area contributed by atoms with Crippen LogP contribution in [0.15, 0.2) is 16.9 Å². The molecule has 1 aromatic heterocycles. The van der Waals surface area contributed by atoms with Crippen LogP contribution in [0.5, 0.6) is 0 Å². The SMILES string of the molecule is CCC(CC)C(=O)NC1CCc2[nH]c(=O)ccc2C1. The van der Waals surface area contributed by atoms with Crippen LogP contribution in [-0.4, -0.2) is 16.9 Å². The monoisotopic (exact) mass is 262 g/mol. The number of amides is 1. The van der Waals surface area contributed by atoms with E-state index >= 15 is 0 Å². The van der Waals surface area contributed by atoms with E-state index in [0.29, 0.717) is 0 Å². The molecule has 0 aromatic carbocycles. The third-order valence-corrected chi connectivity index (χ3v) is 4.01. The summed E-state index contributed by atoms with van der Waals surface area (Å²) < 4.78 is 0. The van der Waals surface area contributed by atoms with Gasteiger partial charge in [-0.2, -0.15) is 0 Å². The summed E-state index contributed by atoms with van der Waals surface area (Å²) in [5.74, 6) is 0.292. The lowest BCUT2D eigenvalue weighted by atomic mass is 9.91. The molecule has 2 N–H and O–H groups in total. The quantitative estimate of drug-likeness (QED) is 0.869. The van der Waals surface area contributed by atoms with Crippen molar-refractivity contribution in [3.63, 3.8) is 0 Å². The number of aromatic nitrogens is 1. The van der Waals surface area contributed by atoms with Crippen LogP contribution in [0.2, 0.25) is 0 Å². The van der Waals surface area contributed by atoms with Crippen molar-refractivity contribution in [1.29, 1.82) is 0 Å². The zero-order chi connectivity index (χ0) is 13.8. The van der Waals surface area contributed by atoms with Crippen LogP contribution in [0.3, 0.4) is 0 Å². The van der Waals surface area contributed by atoms with Crippen molar-refractivity contribution in [2.45, 2.75) is 52.0 Å². The van der Waals surface area contributed by atoms with Crippen LogP contribution in [0.1, 0.15) is 44.4 Å². The standard InChI is InChI=1S/C15H22N2O2/c1-3-10(4-2)15(19)16-12-6-7-13-11(9-12)5-8-14(18)17-13/h5,8,10,12H,3-4,6-7,9H2,1-2H3,(H,16,19)(H,17,18). The highest BCUT2D eigenvalue weighted by atomic mass is 16.2. The highest BCUT2D eigenvalue weighted by Gasteiger charge is 2.23. The number of H-pyrrole nitrogens is 1. The first-order chi connectivity index (χ1) is 9.13. The van der Waals surface area contributed by atoms with Gasteiger partial charge < -0.3 is 10.3 Å². The molecule has 1 atom stereocenters. The second kappa shape index (κ2) is 6.04. The summed E-state index contributed by atoms with van der Waals surface area (Å²) in [5.41, 5.74) is 2.14. The predicted octanol–water partition coefficient (Wildman–Crippen LogP) is 1.78. The fraction of sp³-hybridized carbons (Fsp3) is 0.600. The molecule has 1 aliphatic rings. The van der Waals surface area contributed by atoms with E-state index in [2.05, 4.69) is 24.1 Å². The number of carbonyl (C=O) groups excluding carboxylic acids is 1. The highest BCUT2D eigenvalue weighted by Crippen LogP contribution is 2.19. The second-order valence-electron chi connectivity index (χ2n) is 5.29. The molecule has 0 radical (unpaired) electrons. The highest BCUT2D eigenvalue weighted by molar-refractivity contribution is 5.78. The number of rotatable bonds is 4. The van der Waals surface area contributed by atoms with Gasteiger partial charge in [0.05, 0.1) is 0 Å². The number of hydrogen-bond donors (Lipinski definition) is 2. The molecular weight excluding hydrogens is 240 g/mol. The minimum absolute atomic E-state index is 0.0433. The number of carbonyl (C=O) groups is 1. The molecular formula is C15H22N2O2. The molecule has 1 heterocycles. The average molecular weight is 262 g/mol. The third-order valence-electron chi connectivity index (χ3n) is 4.01. The summed E-state index contributed by atoms with van der Waals surface area (Å²) >= 11 is 0. The van der Waals surface area contributed by atoms with E-state index in [9.17, 15) is 9.59 Å². The summed E-state index contributed by atoms with van der Waals surface area (Å²) in [6.45, 7) is 4.10. The zero-order valence-corrected chi connectivity index (χ0v) is 11.7. The summed E-state index contributed by atoms with van der Waals surface area (Å²) in [6, 6.07) is 3.64. The van der Waals surface area contributed by atoms with E-state index in [1.54, 1.807) is 6.07 Å². The maximum absolute atomic E-state index is 12.1. The molecule has 1 unspecified atom stereocenters. The minimum Gasteiger partial charge on any atom is -0.353 e. The van der Waals surface area contributed by atoms with Gasteiger partial charge in [-0.1, -0.05) is 19.9 Å². The van der Waals surface area contributed by atoms with Gasteiger partial charge in [-0.15, -0.1) is 0 Å². The predicted molar refractivity (Wildman–Crippen MR) is 75.1 cm³/mol. The maximum Gasteiger partial charge on any atom is 0.248 e. The largest absolute Gasteiger partial charge is 0.353 e. The molecule has 1 aromatic rings. The summed E-state index contributed by atoms with van der Waals surface area (Å²) in [6.07, 6.45) is 4.33. The van der Waals surface area contributed by atoms with Crippen molar-refractivity contribution in [2.75, 3.05) is 0 Å². The molecule has 0 aliphatic heterocycles. The summed E-state index contributed by atoms with van der Waals surface area (Å²) in [5, 5.41) is 3.15. The van der Waals surface area contributed by atoms with Crippen molar-refractivity contribution in [1.82, 2.24) is 10.3 Å². The fourth-order valence-electron chi connectivity index (χ4n) is 2.75. The number of pyridine rings is 1. The molecule has 1 amide bonds. The molecule has 4 heteroatoms. The Hall–Kier alpha value is -1.58. The van der Waals surface area contributed by atoms with Crippen LogP contribution >= 0.6 is 0 Å². The Bertz CT molecular complexity index is 503. The van der Waals surface area contributed by atoms with Crippen molar-refractivity contribution in [3.8, 4) is 0 Å². The Balaban J connectivity index is 2.00. The van der Waals surface area contributed by atoms with Gasteiger partial charge in [-0.05, 0) is 37.7 Å². The number of fused-ring (bicyclic) bond motifs is 1. The molecule has 0 bridgehead atoms. The molecule has 0 saturated heterocycles. The van der Waals surface area contributed by atoms with Crippen molar-refractivity contribution >= 4 is 5.91 Å². The van der Waals surface area contributed by atoms with Crippen molar-refractivity contribution in [3.05, 3.63) is 33.7 Å². The Morgan fingerprint density at radius 2 is 2.16 bits per heavy atom. The van der Waals surface area contributed by atoms with Gasteiger partial charge in [-0.25, -0.2) is 0 Å². The van der Waals surface area contributed by atoms with E-state index in [1.807, 2.05) is 6.07 Å². The first-order valence-corrected chi connectivity index (χ1v) is 7.15. The maximum atomic E-state index is 12.1. The number of hydrogen-bond acceptors (Lipinski definition) is 2. The molecule has 104 valence electrons. The number of nitrogens with one attached hydrogen (secondary N) is 2. The van der Waals surface area contributed by atoms with Gasteiger partial charge >= 0.3 is 0 Å². The van der Waals surface area contributed by atoms with Crippen LogP contribution in [-0.2, 0) is 17.6 Å². The van der Waals surface area contributed by atoms with Gasteiger partial charge in [0.15, 0.2) is 0 Å². The first-order valence-electron chi connectivity index (χ1n) is 7.15. The fourth-order valence-corrected chi connectivity index (χ4v) is 2.75. The third kappa shape index (κ3) is 3.25. The Kier molecular flexibility index (Phi) is 4.40. The van der Waals surface area contributed by atoms with Crippen LogP contribution in [0, 0.1) is 5.92 Å². The van der Waals surface area contributed by atoms with E-state index in [-0.39, 0.29) is 23.4 Å². The average Bonchev–Trinajstić information content (AvgIpc) is 2.40. The van der Waals surface area contributed by atoms with Crippen molar-refractivity contribution in [2.24, 2.45) is 5.92 Å². The molecule has 0 spiro atoms. The Morgan fingerprint density at radius 3 is 2.84 bits per heavy atom. The Morgan fingerprint density at radius 1 is 1.42 bits per heavy atom. The van der Waals surface area contributed by atoms with Crippen LogP contribution in [0.4, 0.5) is 0 Å². The normalized spacial score (nSPS) is 18.2. The lowest BCUT2D eigenvalue weighted by Gasteiger charge is -2.26. The second-order valence-corrected chi connectivity index (χ2v) is 5.29. The molecule has 1 aliphatic carbocycles. The zero-order valence-electron chi connectivity index (χ0n) is 11.7. The lowest BCUT2D eigenvalue weighted by Crippen LogP contribution is -2.42. The van der Waals surface area contributed by atoms with E-state index in [4.69, 9.17) is 0 Å². The Labute approximate surface area is 113 Å². The van der Waals surface area contributed by atoms with E-state index in [0.717, 1.165) is 43.4 Å². The number of aromatic amines is 1. The summed E-state index contributed by atoms with van der Waals surface area (Å²) in [7, 11) is 0. The number of aryl methyl sites for hydroxylation is 1. The molecule has 19 heavy (non-hydrogen) atoms. The molecule has 0 fully saturated rings.